The molecule has 3 nitrogen and oxygen atoms in total. The van der Waals surface area contributed by atoms with Gasteiger partial charge in [-0.05, 0) is 49.2 Å². The first-order valence-corrected chi connectivity index (χ1v) is 11.7. The zero-order chi connectivity index (χ0) is 19.7. The molecule has 0 heterocycles. The maximum absolute atomic E-state index is 11.3. The highest BCUT2D eigenvalue weighted by atomic mass is 79.9. The largest absolute Gasteiger partial charge is 1.00 e. The summed E-state index contributed by atoms with van der Waals surface area (Å²) in [6.07, 6.45) is 2.84. The van der Waals surface area contributed by atoms with E-state index in [2.05, 4.69) is 91.0 Å². The van der Waals surface area contributed by atoms with Crippen LogP contribution in [0.4, 0.5) is 0 Å². The first kappa shape index (κ1) is 23.3. The molecule has 0 spiro atoms. The molecule has 0 aromatic heterocycles. The molecule has 0 saturated heterocycles. The van der Waals surface area contributed by atoms with E-state index < -0.39 is 7.26 Å². The molecule has 0 radical (unpaired) electrons. The molecule has 0 saturated carbocycles. The van der Waals surface area contributed by atoms with Crippen LogP contribution in [0.5, 0.6) is 0 Å². The average molecular weight is 472 g/mol. The summed E-state index contributed by atoms with van der Waals surface area (Å²) in [5, 5.41) is 4.14. The molecular weight excluding hydrogens is 445 g/mol. The number of halogens is 1. The van der Waals surface area contributed by atoms with Crippen LogP contribution in [0, 0.1) is 0 Å². The fourth-order valence-corrected chi connectivity index (χ4v) is 7.99. The van der Waals surface area contributed by atoms with Crippen LogP contribution in [0.1, 0.15) is 12.8 Å². The van der Waals surface area contributed by atoms with E-state index in [1.165, 1.54) is 15.9 Å². The Morgan fingerprint density at radius 2 is 1.14 bits per heavy atom. The fourth-order valence-electron chi connectivity index (χ4n) is 3.58. The topological polar surface area (TPSA) is 52.3 Å². The third-order valence-electron chi connectivity index (χ3n) is 4.91. The summed E-state index contributed by atoms with van der Waals surface area (Å²) in [4.78, 5) is 11.3. The minimum Gasteiger partial charge on any atom is -1.00 e. The average Bonchev–Trinajstić information content (AvgIpc) is 2.78. The zero-order valence-electron chi connectivity index (χ0n) is 16.4. The van der Waals surface area contributed by atoms with Crippen molar-refractivity contribution in [2.24, 2.45) is 5.73 Å². The summed E-state index contributed by atoms with van der Waals surface area (Å²) >= 11 is 0. The van der Waals surface area contributed by atoms with Crippen LogP contribution in [0.2, 0.25) is 0 Å². The Hall–Kier alpha value is -2.00. The molecule has 152 valence electrons. The number of esters is 1. The lowest BCUT2D eigenvalue weighted by atomic mass is 10.3. The predicted octanol–water partition coefficient (Wildman–Crippen LogP) is 0.267. The number of nitrogens with two attached hydrogens (primary N) is 1. The van der Waals surface area contributed by atoms with Crippen molar-refractivity contribution in [3.63, 3.8) is 0 Å². The quantitative estimate of drug-likeness (QED) is 0.277. The second-order valence-electron chi connectivity index (χ2n) is 6.67. The summed E-state index contributed by atoms with van der Waals surface area (Å²) in [5.74, 6) is -0.338. The van der Waals surface area contributed by atoms with Crippen LogP contribution in [0.15, 0.2) is 91.0 Å². The van der Waals surface area contributed by atoms with Gasteiger partial charge >= 0.3 is 5.97 Å². The summed E-state index contributed by atoms with van der Waals surface area (Å²) in [7, 11) is -1.79. The molecule has 0 atom stereocenters. The second kappa shape index (κ2) is 11.9. The maximum Gasteiger partial charge on any atom is 0.319 e. The van der Waals surface area contributed by atoms with Gasteiger partial charge in [0.25, 0.3) is 0 Å². The highest BCUT2D eigenvalue weighted by Crippen LogP contribution is 2.55. The number of carbonyl (C=O) groups is 1. The fraction of sp³-hybridized carbons (Fsp3) is 0.208. The predicted molar refractivity (Wildman–Crippen MR) is 119 cm³/mol. The van der Waals surface area contributed by atoms with Crippen molar-refractivity contribution >= 4 is 29.1 Å². The summed E-state index contributed by atoms with van der Waals surface area (Å²) in [5.41, 5.74) is 5.31. The minimum atomic E-state index is -1.79. The van der Waals surface area contributed by atoms with Crippen molar-refractivity contribution in [1.82, 2.24) is 0 Å². The molecule has 0 aliphatic carbocycles. The third kappa shape index (κ3) is 5.76. The summed E-state index contributed by atoms with van der Waals surface area (Å²) in [6, 6.07) is 32.5. The van der Waals surface area contributed by atoms with Crippen molar-refractivity contribution < 1.29 is 26.5 Å². The van der Waals surface area contributed by atoms with E-state index >= 15 is 0 Å². The number of ether oxygens (including phenoxy) is 1. The summed E-state index contributed by atoms with van der Waals surface area (Å²) in [6.45, 7) is 0.364. The SMILES string of the molecule is NCC(=O)OCCCC[P+](c1ccccc1)(c1ccccc1)c1ccccc1.[Br-]. The molecule has 0 bridgehead atoms. The molecule has 3 rings (SSSR count). The number of hydrogen-bond acceptors (Lipinski definition) is 3. The maximum atomic E-state index is 11.3. The molecule has 2 N–H and O–H groups in total. The molecule has 0 unspecified atom stereocenters. The molecule has 3 aromatic carbocycles. The van der Waals surface area contributed by atoms with Crippen LogP contribution in [-0.4, -0.2) is 25.3 Å². The zero-order valence-corrected chi connectivity index (χ0v) is 18.9. The van der Waals surface area contributed by atoms with E-state index in [-0.39, 0.29) is 29.5 Å². The van der Waals surface area contributed by atoms with Crippen molar-refractivity contribution in [3.05, 3.63) is 91.0 Å². The molecule has 0 aliphatic rings. The Morgan fingerprint density at radius 1 is 0.724 bits per heavy atom. The van der Waals surface area contributed by atoms with E-state index in [1.807, 2.05) is 0 Å². The molecule has 0 amide bonds. The molecule has 5 heteroatoms. The molecule has 0 aliphatic heterocycles. The van der Waals surface area contributed by atoms with Crippen molar-refractivity contribution in [2.75, 3.05) is 19.3 Å². The van der Waals surface area contributed by atoms with Gasteiger partial charge < -0.3 is 27.5 Å². The van der Waals surface area contributed by atoms with Crippen molar-refractivity contribution in [1.29, 1.82) is 0 Å². The van der Waals surface area contributed by atoms with Gasteiger partial charge in [-0.1, -0.05) is 54.6 Å². The van der Waals surface area contributed by atoms with Crippen molar-refractivity contribution in [3.8, 4) is 0 Å². The van der Waals surface area contributed by atoms with Gasteiger partial charge in [0.1, 0.15) is 23.2 Å². The van der Waals surface area contributed by atoms with E-state index in [9.17, 15) is 4.79 Å². The van der Waals surface area contributed by atoms with E-state index in [0.717, 1.165) is 19.0 Å². The van der Waals surface area contributed by atoms with E-state index in [0.29, 0.717) is 6.61 Å². The molecule has 3 aromatic rings. The number of rotatable bonds is 9. The molecular formula is C24H27BrNO2P. The summed E-state index contributed by atoms with van der Waals surface area (Å²) < 4.78 is 5.17. The second-order valence-corrected chi connectivity index (χ2v) is 10.3. The Labute approximate surface area is 184 Å². The highest BCUT2D eigenvalue weighted by molar-refractivity contribution is 7.95. The Balaban J connectivity index is 0.00000300. The van der Waals surface area contributed by atoms with Gasteiger partial charge in [-0.2, -0.15) is 0 Å². The minimum absolute atomic E-state index is 0. The number of unbranched alkanes of at least 4 members (excludes halogenated alkanes) is 1. The van der Waals surface area contributed by atoms with E-state index in [4.69, 9.17) is 10.5 Å². The van der Waals surface area contributed by atoms with Gasteiger partial charge in [-0.3, -0.25) is 4.79 Å². The van der Waals surface area contributed by atoms with Gasteiger partial charge in [-0.25, -0.2) is 0 Å². The molecule has 29 heavy (non-hydrogen) atoms. The van der Waals surface area contributed by atoms with Crippen LogP contribution in [0.25, 0.3) is 0 Å². The van der Waals surface area contributed by atoms with Crippen molar-refractivity contribution in [2.45, 2.75) is 12.8 Å². The van der Waals surface area contributed by atoms with Gasteiger partial charge in [0.15, 0.2) is 0 Å². The number of hydrogen-bond donors (Lipinski definition) is 1. The van der Waals surface area contributed by atoms with Gasteiger partial charge in [0.2, 0.25) is 0 Å². The van der Waals surface area contributed by atoms with Crippen LogP contribution in [-0.2, 0) is 9.53 Å². The Kier molecular flexibility index (Phi) is 9.53. The first-order chi connectivity index (χ1) is 13.8. The smallest absolute Gasteiger partial charge is 0.319 e. The lowest BCUT2D eigenvalue weighted by molar-refractivity contribution is -0.142. The van der Waals surface area contributed by atoms with Crippen LogP contribution >= 0.6 is 7.26 Å². The van der Waals surface area contributed by atoms with Gasteiger partial charge in [0.05, 0.1) is 19.3 Å². The van der Waals surface area contributed by atoms with E-state index in [1.54, 1.807) is 0 Å². The molecule has 0 fully saturated rings. The van der Waals surface area contributed by atoms with Crippen LogP contribution < -0.4 is 38.6 Å². The third-order valence-corrected chi connectivity index (χ3v) is 9.43. The van der Waals surface area contributed by atoms with Gasteiger partial charge in [-0.15, -0.1) is 0 Å². The van der Waals surface area contributed by atoms with Crippen LogP contribution in [0.3, 0.4) is 0 Å². The number of benzene rings is 3. The Bertz CT molecular complexity index is 763. The highest BCUT2D eigenvalue weighted by Gasteiger charge is 2.44. The number of carbonyl (C=O) groups excluding carboxylic acids is 1. The Morgan fingerprint density at radius 3 is 1.52 bits per heavy atom. The normalized spacial score (nSPS) is 10.8. The first-order valence-electron chi connectivity index (χ1n) is 9.68. The lowest BCUT2D eigenvalue weighted by Gasteiger charge is -2.27. The lowest BCUT2D eigenvalue weighted by Crippen LogP contribution is -3.00. The standard InChI is InChI=1S/C24H27NO2P.BrH/c25-20-24(26)27-18-10-11-19-28(21-12-4-1-5-13-21,22-14-6-2-7-15-22)23-16-8-3-9-17-23;/h1-9,12-17H,10-11,18-20,25H2;1H/q+1;/p-1. The van der Waals surface area contributed by atoms with Gasteiger partial charge in [0, 0.05) is 0 Å². The monoisotopic (exact) mass is 471 g/mol.